The molecule has 0 heterocycles. The molecule has 0 spiro atoms. The maximum absolute atomic E-state index is 12.1. The van der Waals surface area contributed by atoms with E-state index in [2.05, 4.69) is 23.9 Å². The van der Waals surface area contributed by atoms with Crippen molar-refractivity contribution in [3.8, 4) is 0 Å². The normalized spacial score (nSPS) is 26.0. The quantitative estimate of drug-likeness (QED) is 0.762. The molecule has 1 rings (SSSR count). The summed E-state index contributed by atoms with van der Waals surface area (Å²) in [5.41, 5.74) is 0.0883. The Morgan fingerprint density at radius 2 is 2.06 bits per heavy atom. The van der Waals surface area contributed by atoms with Crippen molar-refractivity contribution >= 4 is 10.0 Å². The monoisotopic (exact) mass is 262 g/mol. The SMILES string of the molecule is CCNCC(C)S(=O)(=O)NC1CCCC1(C)C. The summed E-state index contributed by atoms with van der Waals surface area (Å²) in [6.45, 7) is 9.33. The molecule has 2 N–H and O–H groups in total. The van der Waals surface area contributed by atoms with Crippen LogP contribution in [0.25, 0.3) is 0 Å². The standard InChI is InChI=1S/C12H26N2O2S/c1-5-13-9-10(2)17(15,16)14-11-7-6-8-12(11,3)4/h10-11,13-14H,5-9H2,1-4H3. The smallest absolute Gasteiger partial charge is 0.215 e. The Bertz CT molecular complexity index is 338. The average Bonchev–Trinajstić information content (AvgIpc) is 2.54. The molecule has 2 unspecified atom stereocenters. The molecule has 0 amide bonds. The van der Waals surface area contributed by atoms with Crippen LogP contribution in [0.15, 0.2) is 0 Å². The van der Waals surface area contributed by atoms with Crippen LogP contribution in [0.1, 0.15) is 47.0 Å². The van der Waals surface area contributed by atoms with Crippen LogP contribution in [0.5, 0.6) is 0 Å². The molecule has 2 atom stereocenters. The van der Waals surface area contributed by atoms with Gasteiger partial charge in [-0.25, -0.2) is 13.1 Å². The molecule has 0 radical (unpaired) electrons. The third kappa shape index (κ3) is 3.93. The molecule has 1 aliphatic rings. The van der Waals surface area contributed by atoms with E-state index in [1.165, 1.54) is 0 Å². The Morgan fingerprint density at radius 3 is 2.53 bits per heavy atom. The summed E-state index contributed by atoms with van der Waals surface area (Å²) >= 11 is 0. The average molecular weight is 262 g/mol. The Hall–Kier alpha value is -0.130. The van der Waals surface area contributed by atoms with Crippen molar-refractivity contribution in [1.82, 2.24) is 10.0 Å². The number of sulfonamides is 1. The van der Waals surface area contributed by atoms with Crippen LogP contribution in [0.3, 0.4) is 0 Å². The fourth-order valence-corrected chi connectivity index (χ4v) is 3.72. The van der Waals surface area contributed by atoms with Crippen LogP contribution in [0, 0.1) is 5.41 Å². The van der Waals surface area contributed by atoms with E-state index < -0.39 is 10.0 Å². The summed E-state index contributed by atoms with van der Waals surface area (Å²) in [4.78, 5) is 0. The molecular formula is C12H26N2O2S. The van der Waals surface area contributed by atoms with Gasteiger partial charge in [0, 0.05) is 12.6 Å². The highest BCUT2D eigenvalue weighted by atomic mass is 32.2. The van der Waals surface area contributed by atoms with E-state index in [0.717, 1.165) is 25.8 Å². The first-order valence-corrected chi connectivity index (χ1v) is 8.06. The molecule has 1 fully saturated rings. The summed E-state index contributed by atoms with van der Waals surface area (Å²) in [7, 11) is -3.20. The molecule has 0 aromatic heterocycles. The molecule has 102 valence electrons. The van der Waals surface area contributed by atoms with Crippen LogP contribution in [0.4, 0.5) is 0 Å². The second-order valence-electron chi connectivity index (χ2n) is 5.71. The number of hydrogen-bond acceptors (Lipinski definition) is 3. The zero-order chi connectivity index (χ0) is 13.1. The number of nitrogens with one attached hydrogen (secondary N) is 2. The van der Waals surface area contributed by atoms with E-state index >= 15 is 0 Å². The zero-order valence-electron chi connectivity index (χ0n) is 11.4. The highest BCUT2D eigenvalue weighted by molar-refractivity contribution is 7.90. The first-order valence-electron chi connectivity index (χ1n) is 6.51. The molecule has 4 nitrogen and oxygen atoms in total. The summed E-state index contributed by atoms with van der Waals surface area (Å²) in [6.07, 6.45) is 3.17. The van der Waals surface area contributed by atoms with Gasteiger partial charge < -0.3 is 5.32 Å². The maximum Gasteiger partial charge on any atom is 0.215 e. The summed E-state index contributed by atoms with van der Waals surface area (Å²) in [6, 6.07) is 0.0941. The first-order chi connectivity index (χ1) is 7.79. The van der Waals surface area contributed by atoms with Crippen molar-refractivity contribution in [3.63, 3.8) is 0 Å². The summed E-state index contributed by atoms with van der Waals surface area (Å²) in [5, 5.41) is 2.70. The third-order valence-corrected chi connectivity index (χ3v) is 5.61. The van der Waals surface area contributed by atoms with E-state index in [9.17, 15) is 8.42 Å². The van der Waals surface area contributed by atoms with Crippen molar-refractivity contribution in [2.45, 2.75) is 58.2 Å². The van der Waals surface area contributed by atoms with Crippen LogP contribution >= 0.6 is 0 Å². The van der Waals surface area contributed by atoms with Gasteiger partial charge in [-0.3, -0.25) is 0 Å². The second kappa shape index (κ2) is 5.67. The van der Waals surface area contributed by atoms with Crippen molar-refractivity contribution in [2.24, 2.45) is 5.41 Å². The van der Waals surface area contributed by atoms with Gasteiger partial charge in [0.25, 0.3) is 0 Å². The van der Waals surface area contributed by atoms with E-state index in [0.29, 0.717) is 6.54 Å². The van der Waals surface area contributed by atoms with Gasteiger partial charge in [-0.15, -0.1) is 0 Å². The summed E-state index contributed by atoms with van der Waals surface area (Å²) < 4.78 is 27.1. The molecular weight excluding hydrogens is 236 g/mol. The number of rotatable bonds is 6. The van der Waals surface area contributed by atoms with Gasteiger partial charge in [-0.05, 0) is 31.7 Å². The minimum absolute atomic E-state index is 0.0883. The van der Waals surface area contributed by atoms with E-state index in [-0.39, 0.29) is 16.7 Å². The van der Waals surface area contributed by atoms with E-state index in [1.54, 1.807) is 6.92 Å². The Morgan fingerprint density at radius 1 is 1.41 bits per heavy atom. The predicted molar refractivity (Wildman–Crippen MR) is 71.5 cm³/mol. The van der Waals surface area contributed by atoms with Gasteiger partial charge in [0.05, 0.1) is 5.25 Å². The van der Waals surface area contributed by atoms with Crippen molar-refractivity contribution in [2.75, 3.05) is 13.1 Å². The fraction of sp³-hybridized carbons (Fsp3) is 1.00. The third-order valence-electron chi connectivity index (χ3n) is 3.78. The first kappa shape index (κ1) is 14.9. The van der Waals surface area contributed by atoms with Gasteiger partial charge in [-0.1, -0.05) is 27.2 Å². The lowest BCUT2D eigenvalue weighted by Gasteiger charge is -2.29. The van der Waals surface area contributed by atoms with Gasteiger partial charge in [0.1, 0.15) is 0 Å². The van der Waals surface area contributed by atoms with Gasteiger partial charge in [0.15, 0.2) is 0 Å². The maximum atomic E-state index is 12.1. The van der Waals surface area contributed by atoms with E-state index in [4.69, 9.17) is 0 Å². The van der Waals surface area contributed by atoms with Crippen molar-refractivity contribution < 1.29 is 8.42 Å². The highest BCUT2D eigenvalue weighted by Crippen LogP contribution is 2.37. The van der Waals surface area contributed by atoms with Gasteiger partial charge in [0.2, 0.25) is 10.0 Å². The minimum Gasteiger partial charge on any atom is -0.316 e. The molecule has 5 heteroatoms. The lowest BCUT2D eigenvalue weighted by molar-refractivity contribution is 0.312. The Balaban J connectivity index is 2.60. The highest BCUT2D eigenvalue weighted by Gasteiger charge is 2.37. The predicted octanol–water partition coefficient (Wildman–Crippen LogP) is 1.48. The molecule has 0 aromatic rings. The van der Waals surface area contributed by atoms with Crippen LogP contribution in [-0.2, 0) is 10.0 Å². The summed E-state index contributed by atoms with van der Waals surface area (Å²) in [5.74, 6) is 0. The second-order valence-corrected chi connectivity index (χ2v) is 7.85. The molecule has 0 aromatic carbocycles. The van der Waals surface area contributed by atoms with Crippen LogP contribution in [0.2, 0.25) is 0 Å². The minimum atomic E-state index is -3.20. The lowest BCUT2D eigenvalue weighted by atomic mass is 9.88. The van der Waals surface area contributed by atoms with Crippen molar-refractivity contribution in [1.29, 1.82) is 0 Å². The Labute approximate surface area is 106 Å². The topological polar surface area (TPSA) is 58.2 Å². The fourth-order valence-electron chi connectivity index (χ4n) is 2.32. The van der Waals surface area contributed by atoms with Crippen LogP contribution in [-0.4, -0.2) is 32.8 Å². The molecule has 0 saturated heterocycles. The molecule has 0 aliphatic heterocycles. The van der Waals surface area contributed by atoms with E-state index in [1.807, 2.05) is 6.92 Å². The lowest BCUT2D eigenvalue weighted by Crippen LogP contribution is -2.47. The zero-order valence-corrected chi connectivity index (χ0v) is 12.2. The molecule has 1 aliphatic carbocycles. The van der Waals surface area contributed by atoms with Crippen molar-refractivity contribution in [3.05, 3.63) is 0 Å². The number of hydrogen-bond donors (Lipinski definition) is 2. The molecule has 17 heavy (non-hydrogen) atoms. The van der Waals surface area contributed by atoms with Crippen LogP contribution < -0.4 is 10.0 Å². The van der Waals surface area contributed by atoms with Gasteiger partial charge >= 0.3 is 0 Å². The molecule has 1 saturated carbocycles. The van der Waals surface area contributed by atoms with Gasteiger partial charge in [-0.2, -0.15) is 0 Å². The Kier molecular flexibility index (Phi) is 4.98. The molecule has 0 bridgehead atoms. The largest absolute Gasteiger partial charge is 0.316 e.